The van der Waals surface area contributed by atoms with Gasteiger partial charge in [0.15, 0.2) is 5.96 Å². The van der Waals surface area contributed by atoms with Gasteiger partial charge in [0, 0.05) is 57.1 Å². The van der Waals surface area contributed by atoms with Crippen molar-refractivity contribution in [2.24, 2.45) is 16.3 Å². The highest BCUT2D eigenvalue weighted by Gasteiger charge is 2.58. The second-order valence-corrected chi connectivity index (χ2v) is 7.77. The molecule has 3 rings (SSSR count). The Kier molecular flexibility index (Phi) is 4.54. The molecule has 0 bridgehead atoms. The largest absolute Gasteiger partial charge is 0.377 e. The number of hydrogen-bond acceptors (Lipinski definition) is 3. The molecule has 3 fully saturated rings. The number of piperidine rings is 1. The minimum absolute atomic E-state index is 0.127. The third-order valence-corrected chi connectivity index (χ3v) is 5.81. The van der Waals surface area contributed by atoms with E-state index in [9.17, 15) is 4.79 Å². The molecular formula is C17H30N4O2. The summed E-state index contributed by atoms with van der Waals surface area (Å²) in [4.78, 5) is 17.8. The van der Waals surface area contributed by atoms with Crippen LogP contribution in [0.2, 0.25) is 0 Å². The molecule has 4 atom stereocenters. The summed E-state index contributed by atoms with van der Waals surface area (Å²) in [6.45, 7) is 6.18. The van der Waals surface area contributed by atoms with Crippen LogP contribution in [0.5, 0.6) is 0 Å². The van der Waals surface area contributed by atoms with E-state index in [1.165, 1.54) is 6.42 Å². The zero-order chi connectivity index (χ0) is 16.6. The molecule has 0 aromatic carbocycles. The number of hydrogen-bond donors (Lipinski definition) is 2. The van der Waals surface area contributed by atoms with Crippen molar-refractivity contribution >= 4 is 11.9 Å². The summed E-state index contributed by atoms with van der Waals surface area (Å²) in [6.07, 6.45) is 4.22. The average molecular weight is 322 g/mol. The minimum atomic E-state index is 0.127. The normalized spacial score (nSPS) is 37.0. The van der Waals surface area contributed by atoms with Crippen LogP contribution in [-0.2, 0) is 9.53 Å². The fourth-order valence-corrected chi connectivity index (χ4v) is 4.46. The van der Waals surface area contributed by atoms with Gasteiger partial charge < -0.3 is 20.3 Å². The number of likely N-dealkylation sites (N-methyl/N-ethyl adjacent to an activating group) is 1. The molecule has 0 aromatic rings. The first kappa shape index (κ1) is 16.6. The third-order valence-electron chi connectivity index (χ3n) is 5.81. The number of aliphatic imine (C=N–C) groups is 1. The highest BCUT2D eigenvalue weighted by atomic mass is 16.5. The van der Waals surface area contributed by atoms with Crippen LogP contribution in [-0.4, -0.2) is 62.2 Å². The Labute approximate surface area is 139 Å². The lowest BCUT2D eigenvalue weighted by atomic mass is 9.55. The van der Waals surface area contributed by atoms with E-state index >= 15 is 0 Å². The van der Waals surface area contributed by atoms with E-state index in [0.29, 0.717) is 24.5 Å². The standard InChI is InChI=1S/C17H30N4O2/c1-17(2)14(12-6-5-9-23-15(12)17)20-16(18-3)19-11-7-8-13(22)21(4)10-11/h11-12,14-15H,5-10H2,1-4H3,(H2,18,19,20). The molecule has 2 N–H and O–H groups in total. The van der Waals surface area contributed by atoms with Crippen molar-refractivity contribution in [2.75, 3.05) is 27.2 Å². The number of carbonyl (C=O) groups excluding carboxylic acids is 1. The van der Waals surface area contributed by atoms with Gasteiger partial charge in [-0.05, 0) is 19.3 Å². The second-order valence-electron chi connectivity index (χ2n) is 7.77. The molecular weight excluding hydrogens is 292 g/mol. The number of likely N-dealkylation sites (tertiary alicyclic amines) is 1. The van der Waals surface area contributed by atoms with E-state index in [1.54, 1.807) is 4.90 Å². The van der Waals surface area contributed by atoms with Gasteiger partial charge in [0.05, 0.1) is 6.10 Å². The van der Waals surface area contributed by atoms with Gasteiger partial charge in [-0.2, -0.15) is 0 Å². The molecule has 2 saturated heterocycles. The zero-order valence-electron chi connectivity index (χ0n) is 14.8. The Morgan fingerprint density at radius 3 is 2.83 bits per heavy atom. The SMILES string of the molecule is CN=C(NC1CCC(=O)N(C)C1)NC1C2CCCOC2C1(C)C. The lowest BCUT2D eigenvalue weighted by Gasteiger charge is -2.60. The summed E-state index contributed by atoms with van der Waals surface area (Å²) in [5.41, 5.74) is 0.127. The lowest BCUT2D eigenvalue weighted by Crippen LogP contribution is -2.71. The van der Waals surface area contributed by atoms with Crippen LogP contribution in [0.4, 0.5) is 0 Å². The summed E-state index contributed by atoms with van der Waals surface area (Å²) >= 11 is 0. The molecule has 0 aromatic heterocycles. The zero-order valence-corrected chi connectivity index (χ0v) is 14.8. The summed E-state index contributed by atoms with van der Waals surface area (Å²) in [7, 11) is 3.68. The third kappa shape index (κ3) is 3.05. The molecule has 23 heavy (non-hydrogen) atoms. The molecule has 6 heteroatoms. The van der Waals surface area contributed by atoms with Crippen molar-refractivity contribution in [3.63, 3.8) is 0 Å². The Morgan fingerprint density at radius 2 is 2.13 bits per heavy atom. The number of guanidine groups is 1. The second kappa shape index (κ2) is 6.30. The smallest absolute Gasteiger partial charge is 0.222 e. The molecule has 2 aliphatic heterocycles. The van der Waals surface area contributed by atoms with Gasteiger partial charge in [0.2, 0.25) is 5.91 Å². The Bertz CT molecular complexity index is 491. The van der Waals surface area contributed by atoms with Gasteiger partial charge >= 0.3 is 0 Å². The van der Waals surface area contributed by atoms with Gasteiger partial charge in [-0.15, -0.1) is 0 Å². The van der Waals surface area contributed by atoms with Crippen molar-refractivity contribution in [3.05, 3.63) is 0 Å². The summed E-state index contributed by atoms with van der Waals surface area (Å²) in [5, 5.41) is 7.11. The molecule has 0 spiro atoms. The van der Waals surface area contributed by atoms with Gasteiger partial charge in [-0.25, -0.2) is 0 Å². The minimum Gasteiger partial charge on any atom is -0.377 e. The first-order valence-corrected chi connectivity index (χ1v) is 8.79. The number of carbonyl (C=O) groups is 1. The van der Waals surface area contributed by atoms with Crippen molar-refractivity contribution < 1.29 is 9.53 Å². The average Bonchev–Trinajstić information content (AvgIpc) is 2.54. The lowest BCUT2D eigenvalue weighted by molar-refractivity contribution is -0.188. The van der Waals surface area contributed by atoms with Crippen LogP contribution in [0.3, 0.4) is 0 Å². The highest BCUT2D eigenvalue weighted by Crippen LogP contribution is 2.51. The molecule has 130 valence electrons. The predicted molar refractivity (Wildman–Crippen MR) is 90.3 cm³/mol. The Hall–Kier alpha value is -1.30. The van der Waals surface area contributed by atoms with Crippen LogP contribution < -0.4 is 10.6 Å². The monoisotopic (exact) mass is 322 g/mol. The molecule has 1 saturated carbocycles. The molecule has 1 aliphatic carbocycles. The van der Waals surface area contributed by atoms with Crippen LogP contribution in [0, 0.1) is 11.3 Å². The van der Waals surface area contributed by atoms with Crippen molar-refractivity contribution in [2.45, 2.75) is 57.7 Å². The number of fused-ring (bicyclic) bond motifs is 1. The van der Waals surface area contributed by atoms with Gasteiger partial charge in [0.25, 0.3) is 0 Å². The van der Waals surface area contributed by atoms with E-state index in [-0.39, 0.29) is 17.4 Å². The maximum atomic E-state index is 11.6. The van der Waals surface area contributed by atoms with Crippen LogP contribution in [0.25, 0.3) is 0 Å². The maximum absolute atomic E-state index is 11.6. The van der Waals surface area contributed by atoms with E-state index in [0.717, 1.165) is 32.0 Å². The van der Waals surface area contributed by atoms with Gasteiger partial charge in [-0.3, -0.25) is 9.79 Å². The van der Waals surface area contributed by atoms with Crippen LogP contribution in [0.15, 0.2) is 4.99 Å². The highest BCUT2D eigenvalue weighted by molar-refractivity contribution is 5.81. The molecule has 2 heterocycles. The fourth-order valence-electron chi connectivity index (χ4n) is 4.46. The van der Waals surface area contributed by atoms with Crippen molar-refractivity contribution in [1.82, 2.24) is 15.5 Å². The number of amides is 1. The number of nitrogens with zero attached hydrogens (tertiary/aromatic N) is 2. The predicted octanol–water partition coefficient (Wildman–Crippen LogP) is 0.976. The Balaban J connectivity index is 1.58. The first-order valence-electron chi connectivity index (χ1n) is 8.79. The number of ether oxygens (including phenoxy) is 1. The molecule has 6 nitrogen and oxygen atoms in total. The van der Waals surface area contributed by atoms with E-state index < -0.39 is 0 Å². The van der Waals surface area contributed by atoms with Gasteiger partial charge in [-0.1, -0.05) is 13.8 Å². The fraction of sp³-hybridized carbons (Fsp3) is 0.882. The van der Waals surface area contributed by atoms with E-state index in [1.807, 2.05) is 14.1 Å². The topological polar surface area (TPSA) is 66.0 Å². The van der Waals surface area contributed by atoms with Crippen LogP contribution in [0.1, 0.15) is 39.5 Å². The number of nitrogens with one attached hydrogen (secondary N) is 2. The number of rotatable bonds is 2. The maximum Gasteiger partial charge on any atom is 0.222 e. The van der Waals surface area contributed by atoms with E-state index in [2.05, 4.69) is 29.5 Å². The summed E-state index contributed by atoms with van der Waals surface area (Å²) in [5.74, 6) is 1.65. The Morgan fingerprint density at radius 1 is 1.35 bits per heavy atom. The summed E-state index contributed by atoms with van der Waals surface area (Å²) in [6, 6.07) is 0.660. The first-order chi connectivity index (χ1) is 10.9. The van der Waals surface area contributed by atoms with Crippen molar-refractivity contribution in [3.8, 4) is 0 Å². The summed E-state index contributed by atoms with van der Waals surface area (Å²) < 4.78 is 5.97. The molecule has 4 unspecified atom stereocenters. The molecule has 3 aliphatic rings. The van der Waals surface area contributed by atoms with Gasteiger partial charge in [0.1, 0.15) is 0 Å². The quantitative estimate of drug-likeness (QED) is 0.587. The van der Waals surface area contributed by atoms with E-state index in [4.69, 9.17) is 4.74 Å². The van der Waals surface area contributed by atoms with Crippen molar-refractivity contribution in [1.29, 1.82) is 0 Å². The van der Waals surface area contributed by atoms with Crippen LogP contribution >= 0.6 is 0 Å². The molecule has 0 radical (unpaired) electrons. The molecule has 1 amide bonds.